The van der Waals surface area contributed by atoms with Gasteiger partial charge >= 0.3 is 0 Å². The van der Waals surface area contributed by atoms with Crippen LogP contribution in [0.15, 0.2) is 30.3 Å². The molecule has 0 aliphatic heterocycles. The number of nitrogens with one attached hydrogen (secondary N) is 1. The minimum atomic E-state index is 0.353. The van der Waals surface area contributed by atoms with Crippen molar-refractivity contribution in [1.29, 1.82) is 0 Å². The van der Waals surface area contributed by atoms with Crippen molar-refractivity contribution in [3.05, 3.63) is 35.9 Å². The highest BCUT2D eigenvalue weighted by molar-refractivity contribution is 5.19. The zero-order valence-electron chi connectivity index (χ0n) is 13.4. The number of hydrogen-bond donors (Lipinski definition) is 1. The molecule has 0 aliphatic rings. The van der Waals surface area contributed by atoms with Gasteiger partial charge in [0.2, 0.25) is 0 Å². The molecule has 108 valence electrons. The van der Waals surface area contributed by atoms with Crippen molar-refractivity contribution in [3.8, 4) is 0 Å². The van der Waals surface area contributed by atoms with Crippen LogP contribution in [-0.2, 0) is 0 Å². The predicted octanol–water partition coefficient (Wildman–Crippen LogP) is 5.19. The summed E-state index contributed by atoms with van der Waals surface area (Å²) >= 11 is 0. The molecule has 1 rings (SSSR count). The molecule has 0 bridgehead atoms. The van der Waals surface area contributed by atoms with E-state index in [1.807, 2.05) is 0 Å². The molecular weight excluding hydrogens is 230 g/mol. The van der Waals surface area contributed by atoms with Crippen LogP contribution in [0.1, 0.15) is 65.5 Å². The van der Waals surface area contributed by atoms with Crippen LogP contribution in [-0.4, -0.2) is 6.54 Å². The second kappa shape index (κ2) is 7.69. The highest BCUT2D eigenvalue weighted by Gasteiger charge is 2.19. The lowest BCUT2D eigenvalue weighted by Gasteiger charge is -2.27. The Morgan fingerprint density at radius 2 is 1.68 bits per heavy atom. The van der Waals surface area contributed by atoms with E-state index in [-0.39, 0.29) is 0 Å². The maximum absolute atomic E-state index is 3.75. The van der Waals surface area contributed by atoms with Crippen LogP contribution in [0, 0.1) is 11.3 Å². The third kappa shape index (κ3) is 7.37. The Bertz CT molecular complexity index is 334. The van der Waals surface area contributed by atoms with E-state index in [9.17, 15) is 0 Å². The first-order valence-corrected chi connectivity index (χ1v) is 7.67. The molecule has 0 saturated heterocycles. The minimum Gasteiger partial charge on any atom is -0.310 e. The molecule has 1 aromatic carbocycles. The van der Waals surface area contributed by atoms with E-state index in [0.29, 0.717) is 11.5 Å². The van der Waals surface area contributed by atoms with Gasteiger partial charge in [-0.15, -0.1) is 0 Å². The first-order chi connectivity index (χ1) is 8.88. The summed E-state index contributed by atoms with van der Waals surface area (Å²) in [6.45, 7) is 12.7. The van der Waals surface area contributed by atoms with E-state index < -0.39 is 0 Å². The molecule has 0 radical (unpaired) electrons. The molecule has 1 aromatic rings. The van der Waals surface area contributed by atoms with Gasteiger partial charge in [-0.25, -0.2) is 0 Å². The molecule has 1 N–H and O–H groups in total. The fourth-order valence-corrected chi connectivity index (χ4v) is 2.39. The summed E-state index contributed by atoms with van der Waals surface area (Å²) in [4.78, 5) is 0. The average molecular weight is 261 g/mol. The molecule has 1 atom stereocenters. The summed E-state index contributed by atoms with van der Waals surface area (Å²) in [5.41, 5.74) is 1.77. The molecule has 0 spiro atoms. The van der Waals surface area contributed by atoms with Crippen LogP contribution in [0.4, 0.5) is 0 Å². The quantitative estimate of drug-likeness (QED) is 0.666. The predicted molar refractivity (Wildman–Crippen MR) is 85.3 cm³/mol. The van der Waals surface area contributed by atoms with Crippen molar-refractivity contribution in [3.63, 3.8) is 0 Å². The van der Waals surface area contributed by atoms with Gasteiger partial charge in [-0.2, -0.15) is 0 Å². The maximum Gasteiger partial charge on any atom is 0.0325 e. The summed E-state index contributed by atoms with van der Waals surface area (Å²) in [5.74, 6) is 0.805. The van der Waals surface area contributed by atoms with Gasteiger partial charge in [-0.3, -0.25) is 0 Å². The normalized spacial score (nSPS) is 13.8. The highest BCUT2D eigenvalue weighted by atomic mass is 14.9. The Morgan fingerprint density at radius 3 is 2.21 bits per heavy atom. The van der Waals surface area contributed by atoms with Gasteiger partial charge in [0.15, 0.2) is 0 Å². The van der Waals surface area contributed by atoms with Crippen LogP contribution < -0.4 is 5.32 Å². The van der Waals surface area contributed by atoms with Gasteiger partial charge in [0.05, 0.1) is 0 Å². The van der Waals surface area contributed by atoms with Gasteiger partial charge in [0.25, 0.3) is 0 Å². The molecule has 0 aromatic heterocycles. The molecule has 19 heavy (non-hydrogen) atoms. The molecule has 0 heterocycles. The van der Waals surface area contributed by atoms with Crippen molar-refractivity contribution in [1.82, 2.24) is 5.32 Å². The zero-order valence-corrected chi connectivity index (χ0v) is 13.4. The largest absolute Gasteiger partial charge is 0.310 e. The van der Waals surface area contributed by atoms with E-state index in [0.717, 1.165) is 12.5 Å². The topological polar surface area (TPSA) is 12.0 Å². The Kier molecular flexibility index (Phi) is 6.57. The lowest BCUT2D eigenvalue weighted by atomic mass is 9.85. The average Bonchev–Trinajstić information content (AvgIpc) is 2.32. The fraction of sp³-hybridized carbons (Fsp3) is 0.667. The lowest BCUT2D eigenvalue weighted by Crippen LogP contribution is -2.26. The fourth-order valence-electron chi connectivity index (χ4n) is 2.39. The lowest BCUT2D eigenvalue weighted by molar-refractivity contribution is 0.309. The smallest absolute Gasteiger partial charge is 0.0325 e. The van der Waals surface area contributed by atoms with E-state index in [1.54, 1.807) is 0 Å². The summed E-state index contributed by atoms with van der Waals surface area (Å²) < 4.78 is 0. The molecule has 1 unspecified atom stereocenters. The van der Waals surface area contributed by atoms with E-state index >= 15 is 0 Å². The number of benzene rings is 1. The molecule has 0 amide bonds. The summed E-state index contributed by atoms with van der Waals surface area (Å²) in [7, 11) is 0. The molecular formula is C18H31N. The van der Waals surface area contributed by atoms with Gasteiger partial charge in [0.1, 0.15) is 0 Å². The van der Waals surface area contributed by atoms with Crippen molar-refractivity contribution in [2.24, 2.45) is 11.3 Å². The Hall–Kier alpha value is -0.820. The second-order valence-corrected chi connectivity index (χ2v) is 7.22. The molecule has 0 fully saturated rings. The van der Waals surface area contributed by atoms with E-state index in [2.05, 4.69) is 70.3 Å². The molecule has 1 nitrogen and oxygen atoms in total. The highest BCUT2D eigenvalue weighted by Crippen LogP contribution is 2.29. The first kappa shape index (κ1) is 16.2. The van der Waals surface area contributed by atoms with Crippen LogP contribution in [0.2, 0.25) is 0 Å². The number of hydrogen-bond acceptors (Lipinski definition) is 1. The Balaban J connectivity index is 2.56. The first-order valence-electron chi connectivity index (χ1n) is 7.67. The van der Waals surface area contributed by atoms with Crippen molar-refractivity contribution in [2.75, 3.05) is 6.54 Å². The van der Waals surface area contributed by atoms with Crippen molar-refractivity contribution >= 4 is 0 Å². The van der Waals surface area contributed by atoms with Crippen LogP contribution >= 0.6 is 0 Å². The molecule has 0 saturated carbocycles. The molecule has 0 aliphatic carbocycles. The molecule has 1 heteroatoms. The summed E-state index contributed by atoms with van der Waals surface area (Å²) in [5, 5.41) is 3.75. The van der Waals surface area contributed by atoms with Gasteiger partial charge in [-0.05, 0) is 42.7 Å². The second-order valence-electron chi connectivity index (χ2n) is 7.22. The Labute approximate surface area is 119 Å². The summed E-state index contributed by atoms with van der Waals surface area (Å²) in [6, 6.07) is 11.3. The standard InChI is InChI=1S/C18H31N/c1-15(2)10-9-13-19-17(14-18(3,4)5)16-11-7-6-8-12-16/h6-8,11-12,15,17,19H,9-10,13-14H2,1-5H3. The third-order valence-corrected chi connectivity index (χ3v) is 3.37. The minimum absolute atomic E-state index is 0.353. The zero-order chi connectivity index (χ0) is 14.3. The van der Waals surface area contributed by atoms with Crippen molar-refractivity contribution < 1.29 is 0 Å². The van der Waals surface area contributed by atoms with Gasteiger partial charge < -0.3 is 5.32 Å². The van der Waals surface area contributed by atoms with Crippen LogP contribution in [0.3, 0.4) is 0 Å². The third-order valence-electron chi connectivity index (χ3n) is 3.37. The maximum atomic E-state index is 3.75. The SMILES string of the molecule is CC(C)CCCNC(CC(C)(C)C)c1ccccc1. The Morgan fingerprint density at radius 1 is 1.05 bits per heavy atom. The van der Waals surface area contributed by atoms with Gasteiger partial charge in [-0.1, -0.05) is 65.0 Å². The monoisotopic (exact) mass is 261 g/mol. The summed E-state index contributed by atoms with van der Waals surface area (Å²) in [6.07, 6.45) is 3.76. The number of rotatable bonds is 7. The van der Waals surface area contributed by atoms with Crippen LogP contribution in [0.5, 0.6) is 0 Å². The van der Waals surface area contributed by atoms with E-state index in [4.69, 9.17) is 0 Å². The van der Waals surface area contributed by atoms with Crippen molar-refractivity contribution in [2.45, 2.75) is 59.9 Å². The van der Waals surface area contributed by atoms with Gasteiger partial charge in [0, 0.05) is 6.04 Å². The van der Waals surface area contributed by atoms with Crippen LogP contribution in [0.25, 0.3) is 0 Å². The van der Waals surface area contributed by atoms with E-state index in [1.165, 1.54) is 24.8 Å².